The first-order valence-electron chi connectivity index (χ1n) is 5.10. The molecule has 3 heteroatoms. The van der Waals surface area contributed by atoms with E-state index in [1.165, 1.54) is 4.90 Å². The van der Waals surface area contributed by atoms with Crippen LogP contribution in [-0.4, -0.2) is 18.7 Å². The number of carbonyl (C=O) groups is 2. The summed E-state index contributed by atoms with van der Waals surface area (Å²) in [5, 5.41) is 1.99. The molecule has 78 valence electrons. The predicted octanol–water partition coefficient (Wildman–Crippen LogP) is 2.00. The molecule has 1 heterocycles. The molecule has 2 aromatic carbocycles. The van der Waals surface area contributed by atoms with Gasteiger partial charge in [-0.3, -0.25) is 4.79 Å². The molecule has 16 heavy (non-hydrogen) atoms. The molecular formula is C13H9NO2. The molecule has 0 aromatic heterocycles. The third-order valence-electron chi connectivity index (χ3n) is 2.91. The highest BCUT2D eigenvalue weighted by Gasteiger charge is 2.28. The number of nitrogens with zero attached hydrogens (tertiary/aromatic N) is 1. The molecule has 3 nitrogen and oxygen atoms in total. The Morgan fingerprint density at radius 2 is 1.88 bits per heavy atom. The molecule has 0 fully saturated rings. The van der Waals surface area contributed by atoms with Gasteiger partial charge in [-0.1, -0.05) is 24.3 Å². The lowest BCUT2D eigenvalue weighted by molar-refractivity contribution is -0.106. The van der Waals surface area contributed by atoms with Gasteiger partial charge in [0.2, 0.25) is 0 Å². The van der Waals surface area contributed by atoms with Gasteiger partial charge in [0.25, 0.3) is 5.91 Å². The standard InChI is InChI=1S/C13H9NO2/c15-8-7-14-11-6-2-4-9-3-1-5-10(12(9)11)13(14)16/h1-6,8H,7H2. The van der Waals surface area contributed by atoms with Crippen LogP contribution in [0.5, 0.6) is 0 Å². The normalized spacial score (nSPS) is 13.5. The molecule has 0 unspecified atom stereocenters. The Kier molecular flexibility index (Phi) is 1.80. The second kappa shape index (κ2) is 3.17. The summed E-state index contributed by atoms with van der Waals surface area (Å²) in [6.07, 6.45) is 0.753. The topological polar surface area (TPSA) is 37.4 Å². The van der Waals surface area contributed by atoms with Gasteiger partial charge in [-0.05, 0) is 17.5 Å². The summed E-state index contributed by atoms with van der Waals surface area (Å²) >= 11 is 0. The predicted molar refractivity (Wildman–Crippen MR) is 61.7 cm³/mol. The van der Waals surface area contributed by atoms with Crippen LogP contribution < -0.4 is 4.90 Å². The summed E-state index contributed by atoms with van der Waals surface area (Å²) in [6, 6.07) is 11.4. The van der Waals surface area contributed by atoms with Gasteiger partial charge in [0, 0.05) is 10.9 Å². The zero-order valence-corrected chi connectivity index (χ0v) is 8.51. The Hall–Kier alpha value is -2.16. The van der Waals surface area contributed by atoms with E-state index in [9.17, 15) is 9.59 Å². The minimum atomic E-state index is -0.0844. The van der Waals surface area contributed by atoms with E-state index < -0.39 is 0 Å². The van der Waals surface area contributed by atoms with Crippen LogP contribution in [0.1, 0.15) is 10.4 Å². The molecule has 0 spiro atoms. The zero-order chi connectivity index (χ0) is 11.1. The van der Waals surface area contributed by atoms with Crippen LogP contribution in [0.4, 0.5) is 5.69 Å². The van der Waals surface area contributed by atoms with Crippen molar-refractivity contribution in [2.75, 3.05) is 11.4 Å². The first-order chi connectivity index (χ1) is 7.83. The largest absolute Gasteiger partial charge is 0.301 e. The van der Waals surface area contributed by atoms with Gasteiger partial charge in [-0.2, -0.15) is 0 Å². The maximum atomic E-state index is 12.0. The molecule has 0 saturated heterocycles. The summed E-state index contributed by atoms with van der Waals surface area (Å²) in [5.41, 5.74) is 1.53. The Labute approximate surface area is 92.3 Å². The molecule has 0 radical (unpaired) electrons. The van der Waals surface area contributed by atoms with E-state index in [0.29, 0.717) is 5.56 Å². The van der Waals surface area contributed by atoms with Crippen LogP contribution in [0.15, 0.2) is 36.4 Å². The SMILES string of the molecule is O=CCN1C(=O)c2cccc3cccc1c23. The minimum Gasteiger partial charge on any atom is -0.301 e. The molecule has 0 saturated carbocycles. The summed E-state index contributed by atoms with van der Waals surface area (Å²) in [4.78, 5) is 24.1. The highest BCUT2D eigenvalue weighted by atomic mass is 16.2. The van der Waals surface area contributed by atoms with Gasteiger partial charge in [-0.15, -0.1) is 0 Å². The van der Waals surface area contributed by atoms with Crippen LogP contribution >= 0.6 is 0 Å². The number of hydrogen-bond donors (Lipinski definition) is 0. The monoisotopic (exact) mass is 211 g/mol. The number of aldehydes is 1. The molecule has 0 bridgehead atoms. The lowest BCUT2D eigenvalue weighted by Crippen LogP contribution is -2.28. The van der Waals surface area contributed by atoms with Crippen molar-refractivity contribution in [2.24, 2.45) is 0 Å². The van der Waals surface area contributed by atoms with Crippen molar-refractivity contribution in [3.05, 3.63) is 42.0 Å². The van der Waals surface area contributed by atoms with E-state index in [4.69, 9.17) is 0 Å². The van der Waals surface area contributed by atoms with E-state index in [-0.39, 0.29) is 12.5 Å². The average Bonchev–Trinajstić information content (AvgIpc) is 2.58. The van der Waals surface area contributed by atoms with Crippen LogP contribution in [0.3, 0.4) is 0 Å². The van der Waals surface area contributed by atoms with Gasteiger partial charge in [0.15, 0.2) is 0 Å². The second-order valence-corrected chi connectivity index (χ2v) is 3.76. The minimum absolute atomic E-state index is 0.0844. The molecule has 0 aliphatic carbocycles. The van der Waals surface area contributed by atoms with Crippen molar-refractivity contribution in [1.29, 1.82) is 0 Å². The fourth-order valence-electron chi connectivity index (χ4n) is 2.23. The van der Waals surface area contributed by atoms with Gasteiger partial charge in [0.1, 0.15) is 6.29 Å². The van der Waals surface area contributed by atoms with Crippen LogP contribution in [-0.2, 0) is 4.79 Å². The average molecular weight is 211 g/mol. The lowest BCUT2D eigenvalue weighted by atomic mass is 10.1. The molecule has 1 aliphatic rings. The highest BCUT2D eigenvalue weighted by Crippen LogP contribution is 2.36. The summed E-state index contributed by atoms with van der Waals surface area (Å²) < 4.78 is 0. The first-order valence-corrected chi connectivity index (χ1v) is 5.10. The zero-order valence-electron chi connectivity index (χ0n) is 8.51. The van der Waals surface area contributed by atoms with E-state index in [2.05, 4.69) is 0 Å². The van der Waals surface area contributed by atoms with Crippen molar-refractivity contribution in [3.63, 3.8) is 0 Å². The van der Waals surface area contributed by atoms with E-state index in [1.807, 2.05) is 30.3 Å². The maximum absolute atomic E-state index is 12.0. The Morgan fingerprint density at radius 3 is 2.62 bits per heavy atom. The Morgan fingerprint density at radius 1 is 1.12 bits per heavy atom. The number of amides is 1. The van der Waals surface area contributed by atoms with Gasteiger partial charge in [-0.25, -0.2) is 0 Å². The van der Waals surface area contributed by atoms with E-state index >= 15 is 0 Å². The quantitative estimate of drug-likeness (QED) is 0.712. The number of benzene rings is 2. The number of carbonyl (C=O) groups excluding carboxylic acids is 2. The van der Waals surface area contributed by atoms with Gasteiger partial charge >= 0.3 is 0 Å². The molecule has 1 amide bonds. The van der Waals surface area contributed by atoms with Crippen molar-refractivity contribution in [1.82, 2.24) is 0 Å². The third kappa shape index (κ3) is 1.03. The van der Waals surface area contributed by atoms with Crippen molar-refractivity contribution < 1.29 is 9.59 Å². The molecular weight excluding hydrogens is 202 g/mol. The molecule has 1 aliphatic heterocycles. The van der Waals surface area contributed by atoms with Gasteiger partial charge in [0.05, 0.1) is 12.2 Å². The van der Waals surface area contributed by atoms with E-state index in [1.54, 1.807) is 6.07 Å². The van der Waals surface area contributed by atoms with Crippen molar-refractivity contribution in [3.8, 4) is 0 Å². The van der Waals surface area contributed by atoms with Crippen LogP contribution in [0, 0.1) is 0 Å². The molecule has 0 atom stereocenters. The maximum Gasteiger partial charge on any atom is 0.259 e. The smallest absolute Gasteiger partial charge is 0.259 e. The van der Waals surface area contributed by atoms with E-state index in [0.717, 1.165) is 22.7 Å². The molecule has 0 N–H and O–H groups in total. The second-order valence-electron chi connectivity index (χ2n) is 3.76. The number of hydrogen-bond acceptors (Lipinski definition) is 2. The van der Waals surface area contributed by atoms with Crippen LogP contribution in [0.25, 0.3) is 10.8 Å². The summed E-state index contributed by atoms with van der Waals surface area (Å²) in [7, 11) is 0. The highest BCUT2D eigenvalue weighted by molar-refractivity contribution is 6.25. The Balaban J connectivity index is 2.35. The Bertz CT molecular complexity index is 599. The fourth-order valence-corrected chi connectivity index (χ4v) is 2.23. The summed E-state index contributed by atoms with van der Waals surface area (Å²) in [5.74, 6) is -0.0844. The number of rotatable bonds is 2. The van der Waals surface area contributed by atoms with Gasteiger partial charge < -0.3 is 9.69 Å². The third-order valence-corrected chi connectivity index (χ3v) is 2.91. The fraction of sp³-hybridized carbons (Fsp3) is 0.0769. The van der Waals surface area contributed by atoms with Crippen LogP contribution in [0.2, 0.25) is 0 Å². The number of anilines is 1. The first kappa shape index (κ1) is 9.09. The lowest BCUT2D eigenvalue weighted by Gasteiger charge is -2.13. The molecule has 2 aromatic rings. The van der Waals surface area contributed by atoms with Crippen molar-refractivity contribution in [2.45, 2.75) is 0 Å². The van der Waals surface area contributed by atoms with Crippen molar-refractivity contribution >= 4 is 28.7 Å². The molecule has 3 rings (SSSR count). The summed E-state index contributed by atoms with van der Waals surface area (Å²) in [6.45, 7) is 0.118.